The number of carbonyl (C=O) groups is 1. The quantitative estimate of drug-likeness (QED) is 0.678. The van der Waals surface area contributed by atoms with Crippen molar-refractivity contribution in [2.24, 2.45) is 0 Å². The Bertz CT molecular complexity index is 990. The number of thiazole rings is 1. The van der Waals surface area contributed by atoms with Gasteiger partial charge in [0.15, 0.2) is 5.13 Å². The van der Waals surface area contributed by atoms with E-state index in [1.807, 2.05) is 30.2 Å². The summed E-state index contributed by atoms with van der Waals surface area (Å²) in [5.74, 6) is 0.528. The number of aryl methyl sites for hydroxylation is 1. The molecule has 144 valence electrons. The molecule has 2 N–H and O–H groups in total. The van der Waals surface area contributed by atoms with Gasteiger partial charge in [0, 0.05) is 25.0 Å². The fourth-order valence-corrected chi connectivity index (χ4v) is 4.04. The van der Waals surface area contributed by atoms with E-state index in [2.05, 4.69) is 31.7 Å². The molecule has 4 rings (SSSR count). The second-order valence-corrected chi connectivity index (χ2v) is 8.02. The molecule has 9 heteroatoms. The highest BCUT2D eigenvalue weighted by atomic mass is 35.5. The minimum atomic E-state index is 0.0410. The molecule has 1 aliphatic heterocycles. The highest BCUT2D eigenvalue weighted by molar-refractivity contribution is 7.18. The van der Waals surface area contributed by atoms with E-state index in [4.69, 9.17) is 11.6 Å². The molecule has 0 spiro atoms. The summed E-state index contributed by atoms with van der Waals surface area (Å²) >= 11 is 7.43. The summed E-state index contributed by atoms with van der Waals surface area (Å²) in [5, 5.41) is 7.46. The van der Waals surface area contributed by atoms with Crippen molar-refractivity contribution in [3.63, 3.8) is 0 Å². The third kappa shape index (κ3) is 4.40. The lowest BCUT2D eigenvalue weighted by atomic mass is 10.1. The number of amides is 1. The van der Waals surface area contributed by atoms with Gasteiger partial charge in [0.1, 0.15) is 0 Å². The third-order valence-corrected chi connectivity index (χ3v) is 5.57. The predicted molar refractivity (Wildman–Crippen MR) is 112 cm³/mol. The van der Waals surface area contributed by atoms with Crippen molar-refractivity contribution in [3.8, 4) is 10.4 Å². The van der Waals surface area contributed by atoms with Crippen LogP contribution < -0.4 is 15.5 Å². The van der Waals surface area contributed by atoms with E-state index < -0.39 is 0 Å². The largest absolute Gasteiger partial charge is 0.354 e. The van der Waals surface area contributed by atoms with Crippen LogP contribution in [0.15, 0.2) is 36.8 Å². The summed E-state index contributed by atoms with van der Waals surface area (Å²) in [6, 6.07) is 6.18. The Morgan fingerprint density at radius 1 is 1.18 bits per heavy atom. The molecule has 0 unspecified atom stereocenters. The molecule has 0 saturated carbocycles. The first-order valence-corrected chi connectivity index (χ1v) is 10.1. The van der Waals surface area contributed by atoms with Crippen LogP contribution >= 0.6 is 22.9 Å². The molecule has 0 radical (unpaired) electrons. The number of nitrogens with zero attached hydrogens (tertiary/aromatic N) is 4. The number of anilines is 3. The van der Waals surface area contributed by atoms with Crippen LogP contribution in [0.3, 0.4) is 0 Å². The van der Waals surface area contributed by atoms with Gasteiger partial charge < -0.3 is 15.5 Å². The molecule has 1 aliphatic rings. The molecule has 1 amide bonds. The van der Waals surface area contributed by atoms with E-state index in [-0.39, 0.29) is 5.91 Å². The molecule has 0 atom stereocenters. The number of rotatable bonds is 4. The lowest BCUT2D eigenvalue weighted by Gasteiger charge is -2.17. The molecular formula is C19H19ClN6OS. The standard InChI is InChI=1S/C19H19ClN6OS/c1-12-5-13(7-15(6-12)25-18-22-8-14(20)9-23-18)16-10-24-19(28-16)26-4-2-3-21-17(27)11-26/h5-10H,2-4,11H2,1H3,(H,21,27)(H,22,23,25). The first-order valence-electron chi connectivity index (χ1n) is 8.91. The molecule has 1 aromatic carbocycles. The van der Waals surface area contributed by atoms with Crippen LogP contribution in [0.5, 0.6) is 0 Å². The monoisotopic (exact) mass is 414 g/mol. The summed E-state index contributed by atoms with van der Waals surface area (Å²) < 4.78 is 0. The van der Waals surface area contributed by atoms with Gasteiger partial charge in [0.2, 0.25) is 11.9 Å². The summed E-state index contributed by atoms with van der Waals surface area (Å²) in [5.41, 5.74) is 3.05. The van der Waals surface area contributed by atoms with E-state index in [1.54, 1.807) is 23.7 Å². The molecular weight excluding hydrogens is 396 g/mol. The number of halogens is 1. The Morgan fingerprint density at radius 3 is 2.82 bits per heavy atom. The van der Waals surface area contributed by atoms with Crippen LogP contribution in [0.1, 0.15) is 12.0 Å². The molecule has 1 fully saturated rings. The smallest absolute Gasteiger partial charge is 0.239 e. The second kappa shape index (κ2) is 8.12. The van der Waals surface area contributed by atoms with Crippen LogP contribution in [0.25, 0.3) is 10.4 Å². The predicted octanol–water partition coefficient (Wildman–Crippen LogP) is 3.63. The molecule has 1 saturated heterocycles. The van der Waals surface area contributed by atoms with Gasteiger partial charge in [-0.15, -0.1) is 0 Å². The lowest BCUT2D eigenvalue weighted by Crippen LogP contribution is -2.32. The number of aromatic nitrogens is 3. The zero-order valence-corrected chi connectivity index (χ0v) is 16.8. The molecule has 28 heavy (non-hydrogen) atoms. The Balaban J connectivity index is 1.57. The Morgan fingerprint density at radius 2 is 2.00 bits per heavy atom. The molecule has 3 heterocycles. The van der Waals surface area contributed by atoms with Crippen molar-refractivity contribution >= 4 is 45.6 Å². The van der Waals surface area contributed by atoms with Gasteiger partial charge in [-0.2, -0.15) is 0 Å². The van der Waals surface area contributed by atoms with Gasteiger partial charge in [-0.25, -0.2) is 15.0 Å². The first kappa shape index (κ1) is 18.6. The highest BCUT2D eigenvalue weighted by Gasteiger charge is 2.18. The van der Waals surface area contributed by atoms with Gasteiger partial charge in [-0.05, 0) is 36.6 Å². The fourth-order valence-electron chi connectivity index (χ4n) is 3.02. The van der Waals surface area contributed by atoms with E-state index in [0.29, 0.717) is 24.1 Å². The minimum Gasteiger partial charge on any atom is -0.354 e. The van der Waals surface area contributed by atoms with Gasteiger partial charge in [0.25, 0.3) is 0 Å². The maximum Gasteiger partial charge on any atom is 0.239 e. The maximum absolute atomic E-state index is 11.8. The van der Waals surface area contributed by atoms with Crippen molar-refractivity contribution in [2.45, 2.75) is 13.3 Å². The van der Waals surface area contributed by atoms with Crippen LogP contribution in [0, 0.1) is 6.92 Å². The minimum absolute atomic E-state index is 0.0410. The number of hydrogen-bond donors (Lipinski definition) is 2. The first-order chi connectivity index (χ1) is 13.6. The van der Waals surface area contributed by atoms with Crippen molar-refractivity contribution in [3.05, 3.63) is 47.4 Å². The van der Waals surface area contributed by atoms with Crippen molar-refractivity contribution in [1.82, 2.24) is 20.3 Å². The maximum atomic E-state index is 11.8. The van der Waals surface area contributed by atoms with Crippen LogP contribution in [-0.2, 0) is 4.79 Å². The van der Waals surface area contributed by atoms with Gasteiger partial charge in [-0.1, -0.05) is 29.0 Å². The highest BCUT2D eigenvalue weighted by Crippen LogP contribution is 2.33. The van der Waals surface area contributed by atoms with Crippen LogP contribution in [0.4, 0.5) is 16.8 Å². The Labute approximate surface area is 171 Å². The number of benzene rings is 1. The van der Waals surface area contributed by atoms with Crippen molar-refractivity contribution in [2.75, 3.05) is 29.9 Å². The molecule has 3 aromatic rings. The summed E-state index contributed by atoms with van der Waals surface area (Å²) in [6.07, 6.45) is 5.89. The summed E-state index contributed by atoms with van der Waals surface area (Å²) in [4.78, 5) is 27.8. The molecule has 0 bridgehead atoms. The zero-order valence-electron chi connectivity index (χ0n) is 15.3. The normalized spacial score (nSPS) is 14.5. The summed E-state index contributed by atoms with van der Waals surface area (Å²) in [6.45, 7) is 3.92. The van der Waals surface area contributed by atoms with Crippen molar-refractivity contribution in [1.29, 1.82) is 0 Å². The second-order valence-electron chi connectivity index (χ2n) is 6.57. The molecule has 0 aliphatic carbocycles. The van der Waals surface area contributed by atoms with Crippen LogP contribution in [-0.4, -0.2) is 40.5 Å². The van der Waals surface area contributed by atoms with E-state index in [1.165, 1.54) is 0 Å². The lowest BCUT2D eigenvalue weighted by molar-refractivity contribution is -0.119. The zero-order chi connectivity index (χ0) is 19.5. The molecule has 2 aromatic heterocycles. The molecule has 7 nitrogen and oxygen atoms in total. The van der Waals surface area contributed by atoms with Gasteiger partial charge in [0.05, 0.1) is 28.8 Å². The summed E-state index contributed by atoms with van der Waals surface area (Å²) in [7, 11) is 0. The van der Waals surface area contributed by atoms with E-state index >= 15 is 0 Å². The van der Waals surface area contributed by atoms with E-state index in [9.17, 15) is 4.79 Å². The van der Waals surface area contributed by atoms with Crippen LogP contribution in [0.2, 0.25) is 5.02 Å². The van der Waals surface area contributed by atoms with E-state index in [0.717, 1.165) is 39.8 Å². The number of hydrogen-bond acceptors (Lipinski definition) is 7. The number of carbonyl (C=O) groups excluding carboxylic acids is 1. The van der Waals surface area contributed by atoms with Crippen molar-refractivity contribution < 1.29 is 4.79 Å². The van der Waals surface area contributed by atoms with Gasteiger partial charge >= 0.3 is 0 Å². The third-order valence-electron chi connectivity index (χ3n) is 4.26. The Hall–Kier alpha value is -2.71. The Kier molecular flexibility index (Phi) is 5.40. The fraction of sp³-hybridized carbons (Fsp3) is 0.263. The SMILES string of the molecule is Cc1cc(Nc2ncc(Cl)cn2)cc(-c2cnc(N3CCCNC(=O)C3)s2)c1. The number of nitrogens with one attached hydrogen (secondary N) is 2. The average molecular weight is 415 g/mol. The van der Waals surface area contributed by atoms with Gasteiger partial charge in [-0.3, -0.25) is 4.79 Å². The topological polar surface area (TPSA) is 83.0 Å². The average Bonchev–Trinajstić information content (AvgIpc) is 3.06.